The average molecular weight is 171 g/mol. The van der Waals surface area contributed by atoms with E-state index in [9.17, 15) is 9.59 Å². The van der Waals surface area contributed by atoms with Gasteiger partial charge in [-0.05, 0) is 13.3 Å². The summed E-state index contributed by atoms with van der Waals surface area (Å²) in [5, 5.41) is 0. The van der Waals surface area contributed by atoms with Crippen LogP contribution in [0.3, 0.4) is 0 Å². The van der Waals surface area contributed by atoms with E-state index in [0.717, 1.165) is 0 Å². The van der Waals surface area contributed by atoms with Gasteiger partial charge in [-0.25, -0.2) is 0 Å². The van der Waals surface area contributed by atoms with Crippen LogP contribution in [0.25, 0.3) is 0 Å². The SMILES string of the molecule is [CH2]CCC(=O)CC(C)OC(C)=O. The molecule has 69 valence electrons. The summed E-state index contributed by atoms with van der Waals surface area (Å²) in [6, 6.07) is 0. The maximum Gasteiger partial charge on any atom is 0.302 e. The van der Waals surface area contributed by atoms with Crippen LogP contribution in [0.15, 0.2) is 0 Å². The highest BCUT2D eigenvalue weighted by molar-refractivity contribution is 5.79. The van der Waals surface area contributed by atoms with E-state index in [4.69, 9.17) is 4.74 Å². The molecule has 0 aliphatic carbocycles. The number of esters is 1. The smallest absolute Gasteiger partial charge is 0.302 e. The zero-order valence-electron chi connectivity index (χ0n) is 7.63. The highest BCUT2D eigenvalue weighted by Gasteiger charge is 2.10. The van der Waals surface area contributed by atoms with Crippen molar-refractivity contribution in [2.45, 2.75) is 39.2 Å². The molecular weight excluding hydrogens is 156 g/mol. The second-order valence-electron chi connectivity index (χ2n) is 2.77. The normalized spacial score (nSPS) is 12.2. The molecule has 0 aromatic carbocycles. The van der Waals surface area contributed by atoms with Crippen LogP contribution in [-0.2, 0) is 14.3 Å². The Bertz CT molecular complexity index is 163. The van der Waals surface area contributed by atoms with Crippen molar-refractivity contribution in [1.82, 2.24) is 0 Å². The summed E-state index contributed by atoms with van der Waals surface area (Å²) < 4.78 is 4.79. The molecule has 0 aromatic rings. The summed E-state index contributed by atoms with van der Waals surface area (Å²) in [7, 11) is 0. The Morgan fingerprint density at radius 2 is 2.08 bits per heavy atom. The summed E-state index contributed by atoms with van der Waals surface area (Å²) in [6.07, 6.45) is 1.06. The minimum absolute atomic E-state index is 0.0961. The topological polar surface area (TPSA) is 43.4 Å². The van der Waals surface area contributed by atoms with Crippen molar-refractivity contribution < 1.29 is 14.3 Å². The van der Waals surface area contributed by atoms with E-state index in [1.54, 1.807) is 6.92 Å². The number of carbonyl (C=O) groups excluding carboxylic acids is 2. The van der Waals surface area contributed by atoms with Crippen LogP contribution in [0, 0.1) is 6.92 Å². The molecule has 0 aliphatic heterocycles. The average Bonchev–Trinajstić information content (AvgIpc) is 1.84. The maximum absolute atomic E-state index is 11.0. The third-order valence-electron chi connectivity index (χ3n) is 1.34. The van der Waals surface area contributed by atoms with E-state index in [1.807, 2.05) is 0 Å². The number of carbonyl (C=O) groups is 2. The number of ketones is 1. The Morgan fingerprint density at radius 1 is 1.50 bits per heavy atom. The summed E-state index contributed by atoms with van der Waals surface area (Å²) in [5.41, 5.74) is 0. The van der Waals surface area contributed by atoms with Gasteiger partial charge in [-0.2, -0.15) is 0 Å². The monoisotopic (exact) mass is 171 g/mol. The Hall–Kier alpha value is -0.860. The predicted molar refractivity (Wildman–Crippen MR) is 45.4 cm³/mol. The highest BCUT2D eigenvalue weighted by Crippen LogP contribution is 2.02. The molecule has 12 heavy (non-hydrogen) atoms. The van der Waals surface area contributed by atoms with E-state index < -0.39 is 0 Å². The number of rotatable bonds is 5. The molecule has 0 amide bonds. The Balaban J connectivity index is 3.61. The Labute approximate surface area is 73.1 Å². The molecule has 0 rings (SSSR count). The molecule has 0 N–H and O–H groups in total. The lowest BCUT2D eigenvalue weighted by atomic mass is 10.1. The van der Waals surface area contributed by atoms with E-state index in [2.05, 4.69) is 6.92 Å². The third-order valence-corrected chi connectivity index (χ3v) is 1.34. The number of hydrogen-bond acceptors (Lipinski definition) is 3. The molecule has 0 fully saturated rings. The van der Waals surface area contributed by atoms with Gasteiger partial charge in [0.2, 0.25) is 0 Å². The number of hydrogen-bond donors (Lipinski definition) is 0. The van der Waals surface area contributed by atoms with Gasteiger partial charge in [-0.1, -0.05) is 6.92 Å². The molecule has 0 saturated carbocycles. The Kier molecular flexibility index (Phi) is 5.34. The maximum atomic E-state index is 11.0. The number of ether oxygens (including phenoxy) is 1. The van der Waals surface area contributed by atoms with Gasteiger partial charge in [0, 0.05) is 19.8 Å². The Morgan fingerprint density at radius 3 is 2.50 bits per heavy atom. The molecule has 0 aromatic heterocycles. The van der Waals surface area contributed by atoms with Crippen LogP contribution in [0.1, 0.15) is 33.1 Å². The number of Topliss-reactive ketones (excluding diaryl/α,β-unsaturated/α-hetero) is 1. The lowest BCUT2D eigenvalue weighted by Gasteiger charge is -2.09. The summed E-state index contributed by atoms with van der Waals surface area (Å²) in [6.45, 7) is 6.61. The summed E-state index contributed by atoms with van der Waals surface area (Å²) in [4.78, 5) is 21.5. The third kappa shape index (κ3) is 5.89. The van der Waals surface area contributed by atoms with Crippen molar-refractivity contribution in [3.8, 4) is 0 Å². The van der Waals surface area contributed by atoms with Crippen LogP contribution < -0.4 is 0 Å². The van der Waals surface area contributed by atoms with Gasteiger partial charge < -0.3 is 4.74 Å². The lowest BCUT2D eigenvalue weighted by Crippen LogP contribution is -2.16. The minimum atomic E-state index is -0.343. The zero-order chi connectivity index (χ0) is 9.56. The van der Waals surface area contributed by atoms with E-state index in [-0.39, 0.29) is 17.9 Å². The summed E-state index contributed by atoms with van der Waals surface area (Å²) >= 11 is 0. The summed E-state index contributed by atoms with van der Waals surface area (Å²) in [5.74, 6) is -0.247. The van der Waals surface area contributed by atoms with Crippen LogP contribution in [-0.4, -0.2) is 17.9 Å². The van der Waals surface area contributed by atoms with Crippen LogP contribution in [0.4, 0.5) is 0 Å². The molecule has 0 spiro atoms. The molecule has 1 atom stereocenters. The highest BCUT2D eigenvalue weighted by atomic mass is 16.5. The second-order valence-corrected chi connectivity index (χ2v) is 2.77. The van der Waals surface area contributed by atoms with Gasteiger partial charge in [0.1, 0.15) is 11.9 Å². The first kappa shape index (κ1) is 11.1. The largest absolute Gasteiger partial charge is 0.462 e. The van der Waals surface area contributed by atoms with Crippen LogP contribution in [0.2, 0.25) is 0 Å². The molecule has 0 bridgehead atoms. The van der Waals surface area contributed by atoms with Crippen LogP contribution >= 0.6 is 0 Å². The first-order valence-corrected chi connectivity index (χ1v) is 4.04. The molecule has 0 heterocycles. The van der Waals surface area contributed by atoms with E-state index >= 15 is 0 Å². The molecule has 0 aliphatic rings. The fourth-order valence-electron chi connectivity index (χ4n) is 0.945. The van der Waals surface area contributed by atoms with Gasteiger partial charge in [0.25, 0.3) is 0 Å². The van der Waals surface area contributed by atoms with Crippen LogP contribution in [0.5, 0.6) is 0 Å². The lowest BCUT2D eigenvalue weighted by molar-refractivity contribution is -0.146. The van der Waals surface area contributed by atoms with Gasteiger partial charge in [-0.15, -0.1) is 0 Å². The van der Waals surface area contributed by atoms with Crippen molar-refractivity contribution in [2.75, 3.05) is 0 Å². The molecular formula is C9H15O3. The van der Waals surface area contributed by atoms with Crippen molar-refractivity contribution in [2.24, 2.45) is 0 Å². The van der Waals surface area contributed by atoms with E-state index in [0.29, 0.717) is 19.3 Å². The standard InChI is InChI=1S/C9H15O3/c1-4-5-9(11)6-7(2)12-8(3)10/h7H,1,4-6H2,2-3H3. The first-order chi connectivity index (χ1) is 5.56. The van der Waals surface area contributed by atoms with Crippen molar-refractivity contribution in [3.05, 3.63) is 6.92 Å². The molecule has 3 nitrogen and oxygen atoms in total. The molecule has 1 unspecified atom stereocenters. The van der Waals surface area contributed by atoms with Crippen molar-refractivity contribution in [3.63, 3.8) is 0 Å². The fourth-order valence-corrected chi connectivity index (χ4v) is 0.945. The van der Waals surface area contributed by atoms with Gasteiger partial charge >= 0.3 is 5.97 Å². The minimum Gasteiger partial charge on any atom is -0.462 e. The van der Waals surface area contributed by atoms with Crippen molar-refractivity contribution in [1.29, 1.82) is 0 Å². The van der Waals surface area contributed by atoms with Gasteiger partial charge in [0.05, 0.1) is 0 Å². The second kappa shape index (κ2) is 5.75. The predicted octanol–water partition coefficient (Wildman–Crippen LogP) is 1.51. The van der Waals surface area contributed by atoms with Crippen molar-refractivity contribution >= 4 is 11.8 Å². The van der Waals surface area contributed by atoms with Gasteiger partial charge in [0.15, 0.2) is 0 Å². The molecule has 1 radical (unpaired) electrons. The van der Waals surface area contributed by atoms with Gasteiger partial charge in [-0.3, -0.25) is 9.59 Å². The quantitative estimate of drug-likeness (QED) is 0.589. The first-order valence-electron chi connectivity index (χ1n) is 4.04. The fraction of sp³-hybridized carbons (Fsp3) is 0.667. The molecule has 3 heteroatoms. The molecule has 0 saturated heterocycles. The van der Waals surface area contributed by atoms with E-state index in [1.165, 1.54) is 6.92 Å². The zero-order valence-corrected chi connectivity index (χ0v) is 7.63.